The molecule has 4 aromatic heterocycles. The molecule has 12 nitrogen and oxygen atoms in total. The van der Waals surface area contributed by atoms with E-state index in [9.17, 15) is 0 Å². The number of azo groups is 1. The molecule has 0 saturated carbocycles. The van der Waals surface area contributed by atoms with Crippen LogP contribution in [0.5, 0.6) is 0 Å². The van der Waals surface area contributed by atoms with Crippen molar-refractivity contribution in [2.24, 2.45) is 10.2 Å². The molecule has 12 heteroatoms. The lowest BCUT2D eigenvalue weighted by Crippen LogP contribution is -2.01. The molecule has 4 aromatic rings. The smallest absolute Gasteiger partial charge is 0.254 e. The van der Waals surface area contributed by atoms with Gasteiger partial charge in [0.1, 0.15) is 18.5 Å². The summed E-state index contributed by atoms with van der Waals surface area (Å²) < 4.78 is 2.85. The van der Waals surface area contributed by atoms with E-state index in [0.29, 0.717) is 17.2 Å². The lowest BCUT2D eigenvalue weighted by Gasteiger charge is -2.00. The minimum Gasteiger partial charge on any atom is -0.278 e. The highest BCUT2D eigenvalue weighted by atomic mass is 15.5. The molecule has 0 aromatic carbocycles. The summed E-state index contributed by atoms with van der Waals surface area (Å²) >= 11 is 0. The zero-order valence-electron chi connectivity index (χ0n) is 13.2. The third kappa shape index (κ3) is 2.39. The average molecular weight is 334 g/mol. The van der Waals surface area contributed by atoms with Crippen LogP contribution in [0.4, 0.5) is 17.2 Å². The van der Waals surface area contributed by atoms with E-state index in [1.165, 1.54) is 28.2 Å². The van der Waals surface area contributed by atoms with E-state index in [2.05, 4.69) is 50.3 Å². The third-order valence-corrected chi connectivity index (χ3v) is 3.31. The Morgan fingerprint density at radius 2 is 2.00 bits per heavy atom. The van der Waals surface area contributed by atoms with Crippen LogP contribution in [-0.4, -0.2) is 44.5 Å². The quantitative estimate of drug-likeness (QED) is 0.450. The van der Waals surface area contributed by atoms with Crippen molar-refractivity contribution in [3.05, 3.63) is 41.8 Å². The SMILES string of the molecule is [C-]#[N+]c1cnn(-c2ncncn2)c1N=Nc1c(C)[nH]n2nc(C)nc12. The van der Waals surface area contributed by atoms with Crippen molar-refractivity contribution in [3.8, 4) is 5.95 Å². The van der Waals surface area contributed by atoms with Crippen molar-refractivity contribution in [2.75, 3.05) is 0 Å². The predicted molar refractivity (Wildman–Crippen MR) is 84.2 cm³/mol. The molecule has 1 N–H and O–H groups in total. The van der Waals surface area contributed by atoms with Gasteiger partial charge in [-0.25, -0.2) is 14.8 Å². The number of aromatic amines is 1. The zero-order valence-corrected chi connectivity index (χ0v) is 13.2. The summed E-state index contributed by atoms with van der Waals surface area (Å²) in [5, 5.41) is 19.7. The number of aryl methyl sites for hydroxylation is 2. The summed E-state index contributed by atoms with van der Waals surface area (Å²) in [5.41, 5.74) is 2.05. The molecule has 0 aliphatic rings. The fourth-order valence-corrected chi connectivity index (χ4v) is 2.24. The van der Waals surface area contributed by atoms with Crippen LogP contribution in [0, 0.1) is 20.4 Å². The first-order chi connectivity index (χ1) is 12.2. The molecular weight excluding hydrogens is 324 g/mol. The van der Waals surface area contributed by atoms with Gasteiger partial charge in [0.15, 0.2) is 11.5 Å². The fraction of sp³-hybridized carbons (Fsp3) is 0.154. The molecule has 122 valence electrons. The van der Waals surface area contributed by atoms with Crippen molar-refractivity contribution >= 4 is 22.8 Å². The van der Waals surface area contributed by atoms with Gasteiger partial charge in [-0.1, -0.05) is 0 Å². The van der Waals surface area contributed by atoms with E-state index in [4.69, 9.17) is 6.57 Å². The van der Waals surface area contributed by atoms with Gasteiger partial charge < -0.3 is 0 Å². The Labute approximate surface area is 140 Å². The average Bonchev–Trinajstić information content (AvgIpc) is 3.26. The van der Waals surface area contributed by atoms with Gasteiger partial charge in [0.2, 0.25) is 5.65 Å². The Bertz CT molecular complexity index is 1120. The standard InChI is InChI=1S/C13H10N12/c1-7-10(12-19-8(2)23-25(12)22-7)20-21-11-9(14-3)4-18-24(11)13-16-5-15-6-17-13/h4-6,22H,1-2H3. The Morgan fingerprint density at radius 1 is 1.20 bits per heavy atom. The minimum absolute atomic E-state index is 0.219. The number of aromatic nitrogens is 9. The number of nitrogens with one attached hydrogen (secondary N) is 1. The van der Waals surface area contributed by atoms with E-state index in [-0.39, 0.29) is 17.5 Å². The molecule has 0 saturated heterocycles. The normalized spacial score (nSPS) is 11.4. The van der Waals surface area contributed by atoms with Gasteiger partial charge in [-0.2, -0.15) is 24.4 Å². The molecular formula is C13H10N12. The fourth-order valence-electron chi connectivity index (χ4n) is 2.24. The maximum Gasteiger partial charge on any atom is 0.254 e. The van der Waals surface area contributed by atoms with Crippen LogP contribution in [0.3, 0.4) is 0 Å². The summed E-state index contributed by atoms with van der Waals surface area (Å²) in [4.78, 5) is 19.5. The lowest BCUT2D eigenvalue weighted by atomic mass is 10.4. The number of hydrogen-bond acceptors (Lipinski definition) is 8. The molecule has 0 radical (unpaired) electrons. The molecule has 4 rings (SSSR count). The number of H-pyrrole nitrogens is 1. The highest BCUT2D eigenvalue weighted by Crippen LogP contribution is 2.32. The molecule has 25 heavy (non-hydrogen) atoms. The van der Waals surface area contributed by atoms with Crippen LogP contribution in [0.15, 0.2) is 29.1 Å². The van der Waals surface area contributed by atoms with Gasteiger partial charge in [-0.15, -0.1) is 15.3 Å². The molecule has 0 aliphatic carbocycles. The molecule has 0 aliphatic heterocycles. The van der Waals surface area contributed by atoms with Crippen LogP contribution in [0.2, 0.25) is 0 Å². The molecule has 0 spiro atoms. The van der Waals surface area contributed by atoms with Gasteiger partial charge in [0, 0.05) is 0 Å². The largest absolute Gasteiger partial charge is 0.278 e. The lowest BCUT2D eigenvalue weighted by molar-refractivity contribution is 0.790. The molecule has 0 bridgehead atoms. The summed E-state index contributed by atoms with van der Waals surface area (Å²) in [7, 11) is 0. The van der Waals surface area contributed by atoms with Crippen molar-refractivity contribution in [1.29, 1.82) is 0 Å². The van der Waals surface area contributed by atoms with Gasteiger partial charge in [-0.3, -0.25) is 5.10 Å². The Hall–Kier alpha value is -4.01. The number of fused-ring (bicyclic) bond motifs is 1. The second-order valence-corrected chi connectivity index (χ2v) is 5.00. The Balaban J connectivity index is 1.82. The molecule has 0 amide bonds. The van der Waals surface area contributed by atoms with Crippen LogP contribution in [-0.2, 0) is 0 Å². The van der Waals surface area contributed by atoms with Crippen LogP contribution in [0.25, 0.3) is 16.4 Å². The van der Waals surface area contributed by atoms with Gasteiger partial charge in [0.25, 0.3) is 11.6 Å². The molecule has 4 heterocycles. The van der Waals surface area contributed by atoms with E-state index < -0.39 is 0 Å². The van der Waals surface area contributed by atoms with Gasteiger partial charge in [-0.05, 0) is 13.8 Å². The highest BCUT2D eigenvalue weighted by molar-refractivity contribution is 5.67. The number of hydrogen-bond donors (Lipinski definition) is 1. The summed E-state index contributed by atoms with van der Waals surface area (Å²) in [6.07, 6.45) is 4.05. The van der Waals surface area contributed by atoms with E-state index >= 15 is 0 Å². The Kier molecular flexibility index (Phi) is 3.24. The van der Waals surface area contributed by atoms with E-state index in [1.807, 2.05) is 6.92 Å². The van der Waals surface area contributed by atoms with E-state index in [0.717, 1.165) is 5.69 Å². The Morgan fingerprint density at radius 3 is 2.76 bits per heavy atom. The maximum atomic E-state index is 7.27. The minimum atomic E-state index is 0.219. The van der Waals surface area contributed by atoms with Gasteiger partial charge >= 0.3 is 0 Å². The molecule has 0 unspecified atom stereocenters. The second kappa shape index (κ2) is 5.57. The first kappa shape index (κ1) is 14.6. The molecule has 0 atom stereocenters. The first-order valence-corrected chi connectivity index (χ1v) is 7.09. The van der Waals surface area contributed by atoms with Crippen molar-refractivity contribution in [2.45, 2.75) is 13.8 Å². The monoisotopic (exact) mass is 334 g/mol. The maximum absolute atomic E-state index is 7.27. The molecule has 0 fully saturated rings. The third-order valence-electron chi connectivity index (χ3n) is 3.31. The van der Waals surface area contributed by atoms with E-state index in [1.54, 1.807) is 6.92 Å². The van der Waals surface area contributed by atoms with Gasteiger partial charge in [0.05, 0.1) is 18.5 Å². The van der Waals surface area contributed by atoms with Crippen LogP contribution in [0.1, 0.15) is 11.5 Å². The van der Waals surface area contributed by atoms with Crippen LogP contribution >= 0.6 is 0 Å². The summed E-state index contributed by atoms with van der Waals surface area (Å²) in [6.45, 7) is 10.9. The second-order valence-electron chi connectivity index (χ2n) is 5.00. The number of nitrogens with zero attached hydrogens (tertiary/aromatic N) is 11. The number of rotatable bonds is 3. The first-order valence-electron chi connectivity index (χ1n) is 7.09. The van der Waals surface area contributed by atoms with Crippen LogP contribution < -0.4 is 0 Å². The van der Waals surface area contributed by atoms with Crippen molar-refractivity contribution in [1.82, 2.24) is 44.5 Å². The topological polar surface area (TPSA) is 132 Å². The zero-order chi connectivity index (χ0) is 17.4. The highest BCUT2D eigenvalue weighted by Gasteiger charge is 2.16. The van der Waals surface area contributed by atoms with Crippen molar-refractivity contribution < 1.29 is 0 Å². The summed E-state index contributed by atoms with van der Waals surface area (Å²) in [5.74, 6) is 1.07. The predicted octanol–water partition coefficient (Wildman–Crippen LogP) is 2.01. The van der Waals surface area contributed by atoms with Crippen molar-refractivity contribution in [3.63, 3.8) is 0 Å². The summed E-state index contributed by atoms with van der Waals surface area (Å²) in [6, 6.07) is 0.